The molecule has 10 heteroatoms. The number of thiocarbonyl (C=S) groups is 1. The molecule has 0 fully saturated rings. The van der Waals surface area contributed by atoms with Gasteiger partial charge in [-0.1, -0.05) is 42.5 Å². The number of amides is 1. The largest absolute Gasteiger partial charge is 0.483 e. The summed E-state index contributed by atoms with van der Waals surface area (Å²) in [6, 6.07) is 14.6. The number of ether oxygens (including phenoxy) is 2. The Kier molecular flexibility index (Phi) is 8.77. The molecule has 9 nitrogen and oxygen atoms in total. The molecule has 2 aromatic carbocycles. The Balaban J connectivity index is 1.48. The first kappa shape index (κ1) is 27.6. The first-order chi connectivity index (χ1) is 18.8. The number of aromatic nitrogens is 1. The van der Waals surface area contributed by atoms with E-state index in [1.165, 1.54) is 0 Å². The summed E-state index contributed by atoms with van der Waals surface area (Å²) in [5.41, 5.74) is 7.17. The molecule has 0 unspecified atom stereocenters. The summed E-state index contributed by atoms with van der Waals surface area (Å²) in [4.78, 5) is 25.3. The fraction of sp³-hybridized carbons (Fsp3) is 0.241. The van der Waals surface area contributed by atoms with Gasteiger partial charge < -0.3 is 24.7 Å². The second-order valence-electron chi connectivity index (χ2n) is 8.83. The Hall–Kier alpha value is -4.44. The van der Waals surface area contributed by atoms with Crippen LogP contribution in [0.5, 0.6) is 5.75 Å². The molecule has 39 heavy (non-hydrogen) atoms. The van der Waals surface area contributed by atoms with E-state index in [0.717, 1.165) is 22.2 Å². The van der Waals surface area contributed by atoms with Crippen LogP contribution in [0.2, 0.25) is 0 Å². The van der Waals surface area contributed by atoms with Gasteiger partial charge in [0.2, 0.25) is 0 Å². The van der Waals surface area contributed by atoms with Crippen molar-refractivity contribution in [3.05, 3.63) is 89.3 Å². The summed E-state index contributed by atoms with van der Waals surface area (Å²) in [5.74, 6) is -0.467. The summed E-state index contributed by atoms with van der Waals surface area (Å²) in [6.45, 7) is 9.99. The Morgan fingerprint density at radius 1 is 1.18 bits per heavy atom. The molecular formula is C29H31N5O4S. The minimum Gasteiger partial charge on any atom is -0.483 e. The lowest BCUT2D eigenvalue weighted by Crippen LogP contribution is -2.45. The quantitative estimate of drug-likeness (QED) is 0.116. The average Bonchev–Trinajstić information content (AvgIpc) is 3.18. The average molecular weight is 546 g/mol. The van der Waals surface area contributed by atoms with E-state index in [-0.39, 0.29) is 13.2 Å². The molecular weight excluding hydrogens is 514 g/mol. The standard InChI is InChI=1S/C29H31N5O4S/c1-5-15-34-19(4)22(20-11-7-9-13-23(20)34)16-30-33-25(35)17-38-24-14-10-8-12-21(24)27-26(28(36)37-6-2)18(3)31-29(39)32-27/h5,7-14,16,27H,1,6,15,17H2,2-4H3,(H,33,35)(H2,31,32,39)/t27-/m1/s1. The van der Waals surface area contributed by atoms with Crippen molar-refractivity contribution in [2.45, 2.75) is 33.4 Å². The van der Waals surface area contributed by atoms with Crippen LogP contribution in [0.4, 0.5) is 0 Å². The van der Waals surface area contributed by atoms with Crippen molar-refractivity contribution >= 4 is 46.3 Å². The molecule has 3 aromatic rings. The predicted molar refractivity (Wildman–Crippen MR) is 155 cm³/mol. The maximum atomic E-state index is 12.7. The van der Waals surface area contributed by atoms with E-state index in [4.69, 9.17) is 21.7 Å². The van der Waals surface area contributed by atoms with Gasteiger partial charge in [-0.3, -0.25) is 4.79 Å². The smallest absolute Gasteiger partial charge is 0.338 e. The van der Waals surface area contributed by atoms with E-state index in [1.807, 2.05) is 49.4 Å². The Bertz CT molecular complexity index is 1490. The third-order valence-corrected chi connectivity index (χ3v) is 6.55. The van der Waals surface area contributed by atoms with Crippen molar-refractivity contribution < 1.29 is 19.1 Å². The second kappa shape index (κ2) is 12.4. The summed E-state index contributed by atoms with van der Waals surface area (Å²) in [7, 11) is 0. The molecule has 1 atom stereocenters. The molecule has 3 N–H and O–H groups in total. The number of rotatable bonds is 10. The lowest BCUT2D eigenvalue weighted by atomic mass is 9.95. The van der Waals surface area contributed by atoms with E-state index in [9.17, 15) is 9.59 Å². The van der Waals surface area contributed by atoms with Gasteiger partial charge in [-0.2, -0.15) is 5.10 Å². The van der Waals surface area contributed by atoms with Crippen LogP contribution in [0.3, 0.4) is 0 Å². The zero-order chi connectivity index (χ0) is 27.9. The van der Waals surface area contributed by atoms with Crippen LogP contribution in [0.25, 0.3) is 10.9 Å². The SMILES string of the molecule is C=CCn1c(C)c(C=NNC(=O)COc2ccccc2[C@H]2NC(=S)NC(C)=C2C(=O)OCC)c2ccccc21. The van der Waals surface area contributed by atoms with Gasteiger partial charge in [0.1, 0.15) is 5.75 Å². The normalized spacial score (nSPS) is 15.2. The Labute approximate surface area is 232 Å². The van der Waals surface area contributed by atoms with Gasteiger partial charge in [0.05, 0.1) is 24.4 Å². The molecule has 1 aliphatic heterocycles. The van der Waals surface area contributed by atoms with E-state index >= 15 is 0 Å². The highest BCUT2D eigenvalue weighted by Crippen LogP contribution is 2.33. The van der Waals surface area contributed by atoms with Crippen LogP contribution < -0.4 is 20.8 Å². The van der Waals surface area contributed by atoms with Crippen LogP contribution in [0.1, 0.15) is 36.7 Å². The number of nitrogens with zero attached hydrogens (tertiary/aromatic N) is 2. The van der Waals surface area contributed by atoms with Gasteiger partial charge in [-0.05, 0) is 45.1 Å². The lowest BCUT2D eigenvalue weighted by molar-refractivity contribution is -0.139. The molecule has 0 saturated carbocycles. The molecule has 1 aromatic heterocycles. The van der Waals surface area contributed by atoms with Gasteiger partial charge in [-0.15, -0.1) is 6.58 Å². The van der Waals surface area contributed by atoms with Crippen molar-refractivity contribution in [3.8, 4) is 5.75 Å². The maximum Gasteiger partial charge on any atom is 0.338 e. The maximum absolute atomic E-state index is 12.7. The first-order valence-corrected chi connectivity index (χ1v) is 12.9. The van der Waals surface area contributed by atoms with Gasteiger partial charge in [0, 0.05) is 40.0 Å². The summed E-state index contributed by atoms with van der Waals surface area (Å²) >= 11 is 5.32. The van der Waals surface area contributed by atoms with Crippen molar-refractivity contribution in [2.24, 2.45) is 5.10 Å². The number of benzene rings is 2. The first-order valence-electron chi connectivity index (χ1n) is 12.5. The van der Waals surface area contributed by atoms with Gasteiger partial charge >= 0.3 is 5.97 Å². The second-order valence-corrected chi connectivity index (χ2v) is 9.23. The molecule has 2 heterocycles. The number of carbonyl (C=O) groups is 2. The van der Waals surface area contributed by atoms with Crippen LogP contribution >= 0.6 is 12.2 Å². The Morgan fingerprint density at radius 2 is 1.92 bits per heavy atom. The van der Waals surface area contributed by atoms with Crippen molar-refractivity contribution in [1.82, 2.24) is 20.6 Å². The Morgan fingerprint density at radius 3 is 2.69 bits per heavy atom. The number of hydrazone groups is 1. The molecule has 0 bridgehead atoms. The van der Waals surface area contributed by atoms with E-state index in [2.05, 4.69) is 32.3 Å². The van der Waals surface area contributed by atoms with Crippen LogP contribution in [0.15, 0.2) is 77.6 Å². The zero-order valence-electron chi connectivity index (χ0n) is 22.1. The molecule has 1 aliphatic rings. The third-order valence-electron chi connectivity index (χ3n) is 6.33. The predicted octanol–water partition coefficient (Wildman–Crippen LogP) is 4.02. The minimum absolute atomic E-state index is 0.236. The molecule has 0 aliphatic carbocycles. The molecule has 0 saturated heterocycles. The van der Waals surface area contributed by atoms with E-state index < -0.39 is 17.9 Å². The molecule has 0 radical (unpaired) electrons. The lowest BCUT2D eigenvalue weighted by Gasteiger charge is -2.30. The summed E-state index contributed by atoms with van der Waals surface area (Å²) in [5, 5.41) is 11.7. The summed E-state index contributed by atoms with van der Waals surface area (Å²) < 4.78 is 13.3. The minimum atomic E-state index is -0.606. The molecule has 1 amide bonds. The number of nitrogens with one attached hydrogen (secondary N) is 3. The van der Waals surface area contributed by atoms with Crippen LogP contribution in [-0.4, -0.2) is 41.0 Å². The van der Waals surface area contributed by atoms with Crippen molar-refractivity contribution in [3.63, 3.8) is 0 Å². The van der Waals surface area contributed by atoms with E-state index in [0.29, 0.717) is 34.2 Å². The third kappa shape index (κ3) is 6.01. The monoisotopic (exact) mass is 545 g/mol. The van der Waals surface area contributed by atoms with Crippen LogP contribution in [-0.2, 0) is 20.9 Å². The number of para-hydroxylation sites is 2. The molecule has 0 spiro atoms. The van der Waals surface area contributed by atoms with Crippen molar-refractivity contribution in [1.29, 1.82) is 0 Å². The molecule has 202 valence electrons. The number of allylic oxidation sites excluding steroid dienone is 2. The van der Waals surface area contributed by atoms with Crippen molar-refractivity contribution in [2.75, 3.05) is 13.2 Å². The van der Waals surface area contributed by atoms with Crippen LogP contribution in [0, 0.1) is 6.92 Å². The topological polar surface area (TPSA) is 106 Å². The van der Waals surface area contributed by atoms with Gasteiger partial charge in [0.15, 0.2) is 11.7 Å². The molecule has 4 rings (SSSR count). The fourth-order valence-corrected chi connectivity index (χ4v) is 4.86. The zero-order valence-corrected chi connectivity index (χ0v) is 22.9. The number of fused-ring (bicyclic) bond motifs is 1. The highest BCUT2D eigenvalue weighted by atomic mass is 32.1. The number of esters is 1. The fourth-order valence-electron chi connectivity index (χ4n) is 4.59. The van der Waals surface area contributed by atoms with E-state index in [1.54, 1.807) is 32.2 Å². The highest BCUT2D eigenvalue weighted by Gasteiger charge is 2.32. The number of hydrogen-bond donors (Lipinski definition) is 3. The number of hydrogen-bond acceptors (Lipinski definition) is 6. The van der Waals surface area contributed by atoms with Gasteiger partial charge in [-0.25, -0.2) is 10.2 Å². The highest BCUT2D eigenvalue weighted by molar-refractivity contribution is 7.80. The van der Waals surface area contributed by atoms with Gasteiger partial charge in [0.25, 0.3) is 5.91 Å². The number of carbonyl (C=O) groups excluding carboxylic acids is 2. The summed E-state index contributed by atoms with van der Waals surface area (Å²) in [6.07, 6.45) is 3.49.